The molecule has 1 fully saturated rings. The van der Waals surface area contributed by atoms with Crippen LogP contribution in [0.15, 0.2) is 12.1 Å². The van der Waals surface area contributed by atoms with Crippen LogP contribution in [0.2, 0.25) is 0 Å². The third kappa shape index (κ3) is 1.42. The molecule has 0 saturated carbocycles. The molecule has 90 valence electrons. The monoisotopic (exact) mass is 251 g/mol. The van der Waals surface area contributed by atoms with Crippen LogP contribution in [0.25, 0.3) is 0 Å². The van der Waals surface area contributed by atoms with E-state index in [1.807, 2.05) is 11.0 Å². The van der Waals surface area contributed by atoms with E-state index < -0.39 is 0 Å². The van der Waals surface area contributed by atoms with E-state index in [4.69, 9.17) is 9.47 Å². The number of amides is 1. The van der Waals surface area contributed by atoms with Gasteiger partial charge < -0.3 is 14.4 Å². The summed E-state index contributed by atoms with van der Waals surface area (Å²) in [7, 11) is 3.19. The van der Waals surface area contributed by atoms with Gasteiger partial charge in [0.05, 0.1) is 14.2 Å². The third-order valence-electron chi connectivity index (χ3n) is 3.20. The Morgan fingerprint density at radius 2 is 2.00 bits per heavy atom. The van der Waals surface area contributed by atoms with Gasteiger partial charge in [0, 0.05) is 23.4 Å². The smallest absolute Gasteiger partial charge is 0.255 e. The van der Waals surface area contributed by atoms with Crippen molar-refractivity contribution in [2.45, 2.75) is 5.37 Å². The van der Waals surface area contributed by atoms with Crippen molar-refractivity contribution in [3.8, 4) is 11.5 Å². The van der Waals surface area contributed by atoms with Crippen LogP contribution < -0.4 is 9.47 Å². The highest BCUT2D eigenvalue weighted by atomic mass is 32.2. The summed E-state index contributed by atoms with van der Waals surface area (Å²) in [4.78, 5) is 14.1. The summed E-state index contributed by atoms with van der Waals surface area (Å²) in [5.41, 5.74) is 1.80. The Morgan fingerprint density at radius 3 is 2.71 bits per heavy atom. The number of hydrogen-bond donors (Lipinski definition) is 0. The van der Waals surface area contributed by atoms with Gasteiger partial charge in [-0.2, -0.15) is 0 Å². The van der Waals surface area contributed by atoms with Crippen molar-refractivity contribution in [2.75, 3.05) is 26.5 Å². The van der Waals surface area contributed by atoms with Crippen LogP contribution in [-0.4, -0.2) is 37.3 Å². The summed E-state index contributed by atoms with van der Waals surface area (Å²) in [5, 5.41) is 0.164. The highest BCUT2D eigenvalue weighted by molar-refractivity contribution is 7.99. The highest BCUT2D eigenvalue weighted by Gasteiger charge is 2.41. The number of benzene rings is 1. The lowest BCUT2D eigenvalue weighted by molar-refractivity contribution is 0.0794. The van der Waals surface area contributed by atoms with E-state index in [0.717, 1.165) is 23.4 Å². The zero-order chi connectivity index (χ0) is 12.0. The van der Waals surface area contributed by atoms with Crippen LogP contribution in [-0.2, 0) is 0 Å². The number of fused-ring (bicyclic) bond motifs is 3. The lowest BCUT2D eigenvalue weighted by atomic mass is 10.1. The maximum Gasteiger partial charge on any atom is 0.255 e. The van der Waals surface area contributed by atoms with Gasteiger partial charge in [0.1, 0.15) is 5.37 Å². The zero-order valence-corrected chi connectivity index (χ0v) is 10.5. The maximum absolute atomic E-state index is 12.2. The van der Waals surface area contributed by atoms with Crippen molar-refractivity contribution >= 4 is 17.7 Å². The fraction of sp³-hybridized carbons (Fsp3) is 0.417. The van der Waals surface area contributed by atoms with Crippen molar-refractivity contribution in [1.29, 1.82) is 0 Å². The van der Waals surface area contributed by atoms with Gasteiger partial charge in [-0.3, -0.25) is 4.79 Å². The molecule has 0 aromatic heterocycles. The largest absolute Gasteiger partial charge is 0.493 e. The average Bonchev–Trinajstić information content (AvgIpc) is 2.92. The number of methoxy groups -OCH3 is 2. The van der Waals surface area contributed by atoms with Crippen LogP contribution in [0.1, 0.15) is 21.3 Å². The third-order valence-corrected chi connectivity index (χ3v) is 4.45. The first kappa shape index (κ1) is 10.8. The topological polar surface area (TPSA) is 38.8 Å². The zero-order valence-electron chi connectivity index (χ0n) is 9.73. The minimum absolute atomic E-state index is 0.107. The van der Waals surface area contributed by atoms with Gasteiger partial charge in [0.25, 0.3) is 5.91 Å². The molecule has 1 saturated heterocycles. The molecule has 1 atom stereocenters. The van der Waals surface area contributed by atoms with Crippen molar-refractivity contribution in [3.63, 3.8) is 0 Å². The number of thioether (sulfide) groups is 1. The summed E-state index contributed by atoms with van der Waals surface area (Å²) < 4.78 is 10.5. The van der Waals surface area contributed by atoms with E-state index in [1.54, 1.807) is 32.0 Å². The van der Waals surface area contributed by atoms with Gasteiger partial charge in [-0.15, -0.1) is 11.8 Å². The summed E-state index contributed by atoms with van der Waals surface area (Å²) in [6.07, 6.45) is 0. The molecule has 5 heteroatoms. The van der Waals surface area contributed by atoms with Gasteiger partial charge >= 0.3 is 0 Å². The predicted molar refractivity (Wildman–Crippen MR) is 65.8 cm³/mol. The number of hydrogen-bond acceptors (Lipinski definition) is 4. The number of carbonyl (C=O) groups is 1. The summed E-state index contributed by atoms with van der Waals surface area (Å²) in [6.45, 7) is 0.827. The van der Waals surface area contributed by atoms with Gasteiger partial charge in [0.2, 0.25) is 0 Å². The predicted octanol–water partition coefficient (Wildman–Crippen LogP) is 1.90. The molecule has 1 aromatic carbocycles. The van der Waals surface area contributed by atoms with Crippen LogP contribution in [0.4, 0.5) is 0 Å². The molecule has 0 N–H and O–H groups in total. The summed E-state index contributed by atoms with van der Waals surface area (Å²) in [6, 6.07) is 3.71. The van der Waals surface area contributed by atoms with Gasteiger partial charge in [-0.25, -0.2) is 0 Å². The molecule has 2 heterocycles. The second-order valence-corrected chi connectivity index (χ2v) is 5.20. The Balaban J connectivity index is 2.14. The molecule has 0 radical (unpaired) electrons. The molecule has 17 heavy (non-hydrogen) atoms. The second kappa shape index (κ2) is 3.84. The van der Waals surface area contributed by atoms with Crippen LogP contribution in [0.3, 0.4) is 0 Å². The minimum Gasteiger partial charge on any atom is -0.493 e. The first-order chi connectivity index (χ1) is 8.26. The second-order valence-electron chi connectivity index (χ2n) is 4.02. The summed E-state index contributed by atoms with van der Waals surface area (Å²) >= 11 is 1.80. The van der Waals surface area contributed by atoms with Crippen molar-refractivity contribution in [2.24, 2.45) is 0 Å². The molecule has 3 rings (SSSR count). The molecular weight excluding hydrogens is 238 g/mol. The van der Waals surface area contributed by atoms with E-state index in [9.17, 15) is 4.79 Å². The number of ether oxygens (including phenoxy) is 2. The Kier molecular flexibility index (Phi) is 2.43. The van der Waals surface area contributed by atoms with E-state index in [0.29, 0.717) is 11.5 Å². The normalized spacial score (nSPS) is 21.4. The lowest BCUT2D eigenvalue weighted by Gasteiger charge is -2.14. The first-order valence-corrected chi connectivity index (χ1v) is 6.49. The average molecular weight is 251 g/mol. The van der Waals surface area contributed by atoms with Gasteiger partial charge in [-0.05, 0) is 12.1 Å². The molecule has 0 aliphatic carbocycles. The fourth-order valence-electron chi connectivity index (χ4n) is 2.37. The lowest BCUT2D eigenvalue weighted by Crippen LogP contribution is -2.22. The quantitative estimate of drug-likeness (QED) is 0.804. The Morgan fingerprint density at radius 1 is 1.29 bits per heavy atom. The van der Waals surface area contributed by atoms with E-state index in [2.05, 4.69) is 0 Å². The molecule has 4 nitrogen and oxygen atoms in total. The Hall–Kier alpha value is -1.36. The Bertz CT molecular complexity index is 489. The molecule has 0 bridgehead atoms. The van der Waals surface area contributed by atoms with Crippen molar-refractivity contribution in [3.05, 3.63) is 23.3 Å². The van der Waals surface area contributed by atoms with Crippen LogP contribution in [0, 0.1) is 0 Å². The highest BCUT2D eigenvalue weighted by Crippen LogP contribution is 2.48. The molecular formula is C12H13NO3S. The van der Waals surface area contributed by atoms with E-state index >= 15 is 0 Å². The SMILES string of the molecule is COc1cc2c(cc1OC)C1SCCN1C2=O. The summed E-state index contributed by atoms with van der Waals surface area (Å²) in [5.74, 6) is 2.42. The van der Waals surface area contributed by atoms with Gasteiger partial charge in [-0.1, -0.05) is 0 Å². The molecule has 2 aliphatic heterocycles. The minimum atomic E-state index is 0.107. The maximum atomic E-state index is 12.2. The number of nitrogens with zero attached hydrogens (tertiary/aromatic N) is 1. The van der Waals surface area contributed by atoms with Crippen molar-refractivity contribution < 1.29 is 14.3 Å². The fourth-order valence-corrected chi connectivity index (χ4v) is 3.66. The molecule has 1 aromatic rings. The number of rotatable bonds is 2. The van der Waals surface area contributed by atoms with Crippen LogP contribution in [0.5, 0.6) is 11.5 Å². The van der Waals surface area contributed by atoms with E-state index in [-0.39, 0.29) is 11.3 Å². The molecule has 1 unspecified atom stereocenters. The molecule has 2 aliphatic rings. The first-order valence-electron chi connectivity index (χ1n) is 5.44. The molecule has 0 spiro atoms. The van der Waals surface area contributed by atoms with Gasteiger partial charge in [0.15, 0.2) is 11.5 Å². The standard InChI is InChI=1S/C12H13NO3S/c1-15-9-5-7-8(6-10(9)16-2)12-13(11(7)14)3-4-17-12/h5-6,12H,3-4H2,1-2H3. The van der Waals surface area contributed by atoms with Crippen molar-refractivity contribution in [1.82, 2.24) is 4.90 Å². The van der Waals surface area contributed by atoms with E-state index in [1.165, 1.54) is 0 Å². The number of carbonyl (C=O) groups excluding carboxylic acids is 1. The molecule has 1 amide bonds. The van der Waals surface area contributed by atoms with Crippen LogP contribution >= 0.6 is 11.8 Å². The Labute approximate surface area is 104 Å².